The number of carbonyl (C=O) groups is 1. The van der Waals surface area contributed by atoms with Gasteiger partial charge in [-0.05, 0) is 146 Å². The monoisotopic (exact) mass is 588 g/mol. The second-order valence-corrected chi connectivity index (χ2v) is 17.2. The molecule has 4 nitrogen and oxygen atoms in total. The molecule has 5 aliphatic carbocycles. The standard InChI is InChI=1S/C39H56O4/c1-24(2)26-15-18-36(5)21-22-38(7)27(34(26)36)11-13-31-37(6)19-17-32(35(3,4)30(37)16-20-39(31,38)8)43-33(42)14-10-25-9-12-28(40)29(41)23-25/h9-10,12,14,23,26-27,30-32,34,40-41H,1,11,13,15-22H2,2-8H3/b14-10-/t26-,27?,30-,31+,32-,34+,36+,37-,38+,39+/m0/s1. The van der Waals surface area contributed by atoms with Crippen molar-refractivity contribution in [3.05, 3.63) is 42.0 Å². The van der Waals surface area contributed by atoms with Gasteiger partial charge in [0.25, 0.3) is 0 Å². The van der Waals surface area contributed by atoms with Crippen LogP contribution in [0.15, 0.2) is 36.4 Å². The van der Waals surface area contributed by atoms with E-state index in [1.54, 1.807) is 12.1 Å². The summed E-state index contributed by atoms with van der Waals surface area (Å²) < 4.78 is 6.19. The highest BCUT2D eigenvalue weighted by Gasteiger charge is 2.70. The SMILES string of the molecule is C=C(C)[C@@H]1CC[C@]2(C)CC[C@]3(C)C(CC[C@@H]4[C@@]5(C)CC[C@H](OC(=O)/C=C\c6ccc(O)c(O)c6)C(C)(C)[C@@H]5CC[C@]43C)[C@@H]12. The first-order valence-electron chi connectivity index (χ1n) is 17.1. The maximum atomic E-state index is 13.0. The van der Waals surface area contributed by atoms with Crippen molar-refractivity contribution in [2.24, 2.45) is 56.7 Å². The third-order valence-corrected chi connectivity index (χ3v) is 15.1. The van der Waals surface area contributed by atoms with Gasteiger partial charge in [0.05, 0.1) is 0 Å². The molecule has 0 heterocycles. The highest BCUT2D eigenvalue weighted by Crippen LogP contribution is 2.77. The first-order valence-corrected chi connectivity index (χ1v) is 17.1. The van der Waals surface area contributed by atoms with E-state index < -0.39 is 0 Å². The van der Waals surface area contributed by atoms with Gasteiger partial charge >= 0.3 is 5.97 Å². The number of aromatic hydroxyl groups is 2. The number of phenols is 2. The van der Waals surface area contributed by atoms with Crippen molar-refractivity contribution >= 4 is 12.0 Å². The molecular weight excluding hydrogens is 532 g/mol. The number of hydrogen-bond donors (Lipinski definition) is 2. The summed E-state index contributed by atoms with van der Waals surface area (Å²) in [6, 6.07) is 4.54. The molecule has 0 saturated heterocycles. The van der Waals surface area contributed by atoms with E-state index in [4.69, 9.17) is 4.74 Å². The first kappa shape index (κ1) is 30.8. The van der Waals surface area contributed by atoms with Gasteiger partial charge in [-0.2, -0.15) is 0 Å². The Kier molecular flexibility index (Phi) is 7.26. The quantitative estimate of drug-likeness (QED) is 0.159. The summed E-state index contributed by atoms with van der Waals surface area (Å²) in [6.45, 7) is 22.1. The average Bonchev–Trinajstić information content (AvgIpc) is 3.29. The molecule has 5 aliphatic rings. The number of benzene rings is 1. The lowest BCUT2D eigenvalue weighted by atomic mass is 9.32. The maximum absolute atomic E-state index is 13.0. The molecule has 1 aromatic carbocycles. The molecular formula is C39H56O4. The highest BCUT2D eigenvalue weighted by atomic mass is 16.5. The zero-order chi connectivity index (χ0) is 31.2. The molecule has 2 N–H and O–H groups in total. The summed E-state index contributed by atoms with van der Waals surface area (Å²) >= 11 is 0. The van der Waals surface area contributed by atoms with Crippen molar-refractivity contribution in [2.45, 2.75) is 119 Å². The van der Waals surface area contributed by atoms with E-state index in [2.05, 4.69) is 55.0 Å². The highest BCUT2D eigenvalue weighted by molar-refractivity contribution is 5.87. The first-order chi connectivity index (χ1) is 20.1. The van der Waals surface area contributed by atoms with Crippen LogP contribution < -0.4 is 0 Å². The lowest BCUT2D eigenvalue weighted by Gasteiger charge is -2.73. The minimum Gasteiger partial charge on any atom is -0.504 e. The predicted molar refractivity (Wildman–Crippen MR) is 173 cm³/mol. The second-order valence-electron chi connectivity index (χ2n) is 17.2. The van der Waals surface area contributed by atoms with E-state index in [1.165, 1.54) is 75.1 Å². The van der Waals surface area contributed by atoms with Gasteiger partial charge in [-0.3, -0.25) is 0 Å². The number of allylic oxidation sites excluding steroid dienone is 1. The summed E-state index contributed by atoms with van der Waals surface area (Å²) in [5, 5.41) is 19.4. The van der Waals surface area contributed by atoms with Crippen LogP contribution >= 0.6 is 0 Å². The lowest BCUT2D eigenvalue weighted by molar-refractivity contribution is -0.248. The fourth-order valence-corrected chi connectivity index (χ4v) is 12.7. The summed E-state index contributed by atoms with van der Waals surface area (Å²) in [6.07, 6.45) is 15.6. The third-order valence-electron chi connectivity index (χ3n) is 15.1. The van der Waals surface area contributed by atoms with Crippen molar-refractivity contribution in [3.8, 4) is 11.5 Å². The van der Waals surface area contributed by atoms with Gasteiger partial charge in [0, 0.05) is 11.5 Å². The molecule has 43 heavy (non-hydrogen) atoms. The van der Waals surface area contributed by atoms with E-state index in [9.17, 15) is 15.0 Å². The zero-order valence-corrected chi connectivity index (χ0v) is 27.8. The Morgan fingerprint density at radius 1 is 0.860 bits per heavy atom. The zero-order valence-electron chi connectivity index (χ0n) is 27.8. The number of esters is 1. The van der Waals surface area contributed by atoms with Crippen LogP contribution in [0, 0.1) is 56.7 Å². The summed E-state index contributed by atoms with van der Waals surface area (Å²) in [7, 11) is 0. The van der Waals surface area contributed by atoms with Gasteiger partial charge in [-0.1, -0.05) is 59.8 Å². The van der Waals surface area contributed by atoms with Crippen LogP contribution in [0.1, 0.15) is 118 Å². The van der Waals surface area contributed by atoms with Crippen LogP contribution in [0.4, 0.5) is 0 Å². The number of ether oxygens (including phenoxy) is 1. The minimum absolute atomic E-state index is 0.103. The normalized spacial score (nSPS) is 45.0. The van der Waals surface area contributed by atoms with Gasteiger partial charge < -0.3 is 14.9 Å². The fourth-order valence-electron chi connectivity index (χ4n) is 12.7. The Bertz CT molecular complexity index is 1330. The van der Waals surface area contributed by atoms with Gasteiger partial charge in [0.15, 0.2) is 11.5 Å². The molecule has 0 aliphatic heterocycles. The summed E-state index contributed by atoms with van der Waals surface area (Å²) in [5.74, 6) is 2.79. The molecule has 1 aromatic rings. The van der Waals surface area contributed by atoms with Gasteiger partial charge in [0.2, 0.25) is 0 Å². The van der Waals surface area contributed by atoms with Gasteiger partial charge in [-0.25, -0.2) is 4.79 Å². The summed E-state index contributed by atoms with van der Waals surface area (Å²) in [4.78, 5) is 13.0. The Morgan fingerprint density at radius 3 is 2.30 bits per heavy atom. The van der Waals surface area contributed by atoms with Crippen LogP contribution in [0.5, 0.6) is 11.5 Å². The third kappa shape index (κ3) is 4.46. The molecule has 4 heteroatoms. The number of fused-ring (bicyclic) bond motifs is 7. The molecule has 5 fully saturated rings. The van der Waals surface area contributed by atoms with Crippen molar-refractivity contribution in [1.82, 2.24) is 0 Å². The van der Waals surface area contributed by atoms with Crippen LogP contribution in [-0.2, 0) is 9.53 Å². The van der Waals surface area contributed by atoms with Crippen molar-refractivity contribution in [2.75, 3.05) is 0 Å². The van der Waals surface area contributed by atoms with Crippen LogP contribution in [0.3, 0.4) is 0 Å². The Morgan fingerprint density at radius 2 is 1.60 bits per heavy atom. The molecule has 236 valence electrons. The minimum atomic E-state index is -0.336. The molecule has 0 spiro atoms. The van der Waals surface area contributed by atoms with E-state index in [1.807, 2.05) is 0 Å². The average molecular weight is 589 g/mol. The number of rotatable bonds is 4. The number of carbonyl (C=O) groups excluding carboxylic acids is 1. The molecule has 5 saturated carbocycles. The molecule has 1 unspecified atom stereocenters. The molecule has 0 bridgehead atoms. The predicted octanol–water partition coefficient (Wildman–Crippen LogP) is 9.70. The van der Waals surface area contributed by atoms with Crippen LogP contribution in [0.2, 0.25) is 0 Å². The van der Waals surface area contributed by atoms with E-state index >= 15 is 0 Å². The van der Waals surface area contributed by atoms with Crippen molar-refractivity contribution in [1.29, 1.82) is 0 Å². The fraction of sp³-hybridized carbons (Fsp3) is 0.718. The van der Waals surface area contributed by atoms with Crippen LogP contribution in [-0.4, -0.2) is 22.3 Å². The molecule has 0 radical (unpaired) electrons. The molecule has 0 aromatic heterocycles. The molecule has 10 atom stereocenters. The maximum Gasteiger partial charge on any atom is 0.331 e. The Labute approximate surface area is 260 Å². The molecule has 0 amide bonds. The second kappa shape index (κ2) is 10.1. The number of hydrogen-bond acceptors (Lipinski definition) is 4. The largest absolute Gasteiger partial charge is 0.504 e. The summed E-state index contributed by atoms with van der Waals surface area (Å²) in [5.41, 5.74) is 3.40. The van der Waals surface area contributed by atoms with Crippen molar-refractivity contribution in [3.63, 3.8) is 0 Å². The van der Waals surface area contributed by atoms with E-state index in [0.29, 0.717) is 39.6 Å². The number of phenolic OH excluding ortho intramolecular Hbond substituents is 2. The molecule has 6 rings (SSSR count). The van der Waals surface area contributed by atoms with Gasteiger partial charge in [-0.15, -0.1) is 0 Å². The van der Waals surface area contributed by atoms with Gasteiger partial charge in [0.1, 0.15) is 6.10 Å². The smallest absolute Gasteiger partial charge is 0.331 e. The topological polar surface area (TPSA) is 66.8 Å². The lowest BCUT2D eigenvalue weighted by Crippen LogP contribution is -2.66. The van der Waals surface area contributed by atoms with Crippen LogP contribution in [0.25, 0.3) is 6.08 Å². The van der Waals surface area contributed by atoms with E-state index in [-0.39, 0.29) is 34.4 Å². The Hall–Kier alpha value is -2.23. The van der Waals surface area contributed by atoms with Crippen molar-refractivity contribution < 1.29 is 19.7 Å². The Balaban J connectivity index is 1.22. The van der Waals surface area contributed by atoms with E-state index in [0.717, 1.165) is 24.7 Å².